The largest absolute Gasteiger partial charge is 0.495 e. The van der Waals surface area contributed by atoms with Crippen LogP contribution in [0.25, 0.3) is 28.0 Å². The van der Waals surface area contributed by atoms with Crippen molar-refractivity contribution in [2.24, 2.45) is 0 Å². The van der Waals surface area contributed by atoms with Crippen LogP contribution in [0.4, 0.5) is 0 Å². The molecule has 33 heavy (non-hydrogen) atoms. The van der Waals surface area contributed by atoms with Crippen LogP contribution in [0.1, 0.15) is 22.8 Å². The number of methoxy groups -OCH3 is 2. The zero-order valence-electron chi connectivity index (χ0n) is 18.4. The maximum Gasteiger partial charge on any atom is 0.337 e. The van der Waals surface area contributed by atoms with E-state index in [4.69, 9.17) is 9.47 Å². The maximum absolute atomic E-state index is 13.5. The first-order chi connectivity index (χ1) is 16.1. The minimum atomic E-state index is -0.367. The van der Waals surface area contributed by atoms with Crippen molar-refractivity contribution in [3.8, 4) is 22.6 Å². The van der Waals surface area contributed by atoms with E-state index >= 15 is 0 Å². The van der Waals surface area contributed by atoms with E-state index in [1.165, 1.54) is 7.11 Å². The van der Waals surface area contributed by atoms with Gasteiger partial charge >= 0.3 is 11.7 Å². The molecule has 3 heterocycles. The monoisotopic (exact) mass is 444 g/mol. The molecule has 8 nitrogen and oxygen atoms in total. The molecular formula is C25H24N4O4. The minimum absolute atomic E-state index is 0.0646. The van der Waals surface area contributed by atoms with Crippen molar-refractivity contribution >= 4 is 17.1 Å². The summed E-state index contributed by atoms with van der Waals surface area (Å²) >= 11 is 0. The van der Waals surface area contributed by atoms with E-state index in [2.05, 4.69) is 10.3 Å². The number of benzene rings is 2. The summed E-state index contributed by atoms with van der Waals surface area (Å²) in [6.07, 6.45) is 2.53. The number of aromatic nitrogens is 3. The highest BCUT2D eigenvalue weighted by Gasteiger charge is 2.25. The standard InChI is InChI=1S/C25H24N4O4/c1-32-21-13-22-23(27-15-21)29(20-11-12-26-14-20)25(31)28(22)19-9-7-17(8-10-19)16-3-5-18(6-4-16)24(30)33-2/h3-10,13,15,20,26H,11-12,14H2,1-2H3/t20-/m0/s1. The van der Waals surface area contributed by atoms with Crippen LogP contribution in [0.3, 0.4) is 0 Å². The van der Waals surface area contributed by atoms with Gasteiger partial charge in [-0.15, -0.1) is 0 Å². The fourth-order valence-electron chi connectivity index (χ4n) is 4.35. The number of hydrogen-bond acceptors (Lipinski definition) is 6. The molecule has 8 heteroatoms. The molecule has 0 aliphatic carbocycles. The molecule has 1 atom stereocenters. The van der Waals surface area contributed by atoms with E-state index in [1.807, 2.05) is 42.5 Å². The second-order valence-electron chi connectivity index (χ2n) is 7.97. The molecule has 1 aliphatic rings. The lowest BCUT2D eigenvalue weighted by atomic mass is 10.0. The average molecular weight is 444 g/mol. The van der Waals surface area contributed by atoms with Crippen LogP contribution in [0.5, 0.6) is 5.75 Å². The molecule has 1 saturated heterocycles. The number of fused-ring (bicyclic) bond motifs is 1. The Bertz CT molecular complexity index is 1360. The van der Waals surface area contributed by atoms with Crippen LogP contribution in [-0.2, 0) is 4.74 Å². The van der Waals surface area contributed by atoms with Gasteiger partial charge in [0.2, 0.25) is 0 Å². The molecule has 0 saturated carbocycles. The molecule has 0 unspecified atom stereocenters. The Morgan fingerprint density at radius 3 is 2.36 bits per heavy atom. The predicted molar refractivity (Wildman–Crippen MR) is 125 cm³/mol. The Hall–Kier alpha value is -3.91. The lowest BCUT2D eigenvalue weighted by molar-refractivity contribution is 0.0600. The summed E-state index contributed by atoms with van der Waals surface area (Å²) in [6, 6.07) is 16.9. The van der Waals surface area contributed by atoms with Crippen LogP contribution in [0.15, 0.2) is 65.6 Å². The Labute approximate surface area is 190 Å². The fraction of sp³-hybridized carbons (Fsp3) is 0.240. The molecule has 168 valence electrons. The average Bonchev–Trinajstić information content (AvgIpc) is 3.48. The van der Waals surface area contributed by atoms with E-state index in [0.717, 1.165) is 36.3 Å². The normalized spacial score (nSPS) is 15.6. The number of hydrogen-bond donors (Lipinski definition) is 1. The molecule has 5 rings (SSSR count). The van der Waals surface area contributed by atoms with E-state index in [9.17, 15) is 9.59 Å². The van der Waals surface area contributed by atoms with Crippen LogP contribution in [0.2, 0.25) is 0 Å². The van der Waals surface area contributed by atoms with Crippen molar-refractivity contribution in [2.75, 3.05) is 27.3 Å². The number of pyridine rings is 1. The maximum atomic E-state index is 13.5. The number of ether oxygens (including phenoxy) is 2. The molecule has 0 amide bonds. The second-order valence-corrected chi connectivity index (χ2v) is 7.97. The molecule has 0 spiro atoms. The summed E-state index contributed by atoms with van der Waals surface area (Å²) in [7, 11) is 2.95. The molecule has 4 aromatic rings. The van der Waals surface area contributed by atoms with Crippen LogP contribution >= 0.6 is 0 Å². The number of imidazole rings is 1. The van der Waals surface area contributed by atoms with Crippen LogP contribution < -0.4 is 15.7 Å². The summed E-state index contributed by atoms with van der Waals surface area (Å²) in [5, 5.41) is 3.32. The third-order valence-corrected chi connectivity index (χ3v) is 6.09. The van der Waals surface area contributed by atoms with Crippen molar-refractivity contribution in [3.63, 3.8) is 0 Å². The van der Waals surface area contributed by atoms with Gasteiger partial charge in [0.25, 0.3) is 0 Å². The third kappa shape index (κ3) is 3.68. The van der Waals surface area contributed by atoms with Gasteiger partial charge < -0.3 is 14.8 Å². The lowest BCUT2D eigenvalue weighted by Gasteiger charge is -2.09. The first-order valence-electron chi connectivity index (χ1n) is 10.8. The lowest BCUT2D eigenvalue weighted by Crippen LogP contribution is -2.28. The van der Waals surface area contributed by atoms with Crippen molar-refractivity contribution in [3.05, 3.63) is 76.8 Å². The van der Waals surface area contributed by atoms with Gasteiger partial charge in [-0.25, -0.2) is 14.6 Å². The van der Waals surface area contributed by atoms with Gasteiger partial charge in [-0.1, -0.05) is 24.3 Å². The molecule has 1 fully saturated rings. The van der Waals surface area contributed by atoms with E-state index in [1.54, 1.807) is 34.6 Å². The van der Waals surface area contributed by atoms with Crippen LogP contribution in [0, 0.1) is 0 Å². The minimum Gasteiger partial charge on any atom is -0.495 e. The Balaban J connectivity index is 1.57. The van der Waals surface area contributed by atoms with E-state index in [-0.39, 0.29) is 17.7 Å². The molecule has 1 N–H and O–H groups in total. The first-order valence-corrected chi connectivity index (χ1v) is 10.8. The predicted octanol–water partition coefficient (Wildman–Crippen LogP) is 3.18. The van der Waals surface area contributed by atoms with Crippen molar-refractivity contribution in [1.82, 2.24) is 19.4 Å². The van der Waals surface area contributed by atoms with Gasteiger partial charge in [-0.2, -0.15) is 0 Å². The highest BCUT2D eigenvalue weighted by molar-refractivity contribution is 5.90. The Morgan fingerprint density at radius 1 is 1.06 bits per heavy atom. The summed E-state index contributed by atoms with van der Waals surface area (Å²) in [5.41, 5.74) is 4.43. The molecule has 2 aromatic carbocycles. The number of nitrogens with one attached hydrogen (secondary N) is 1. The number of carbonyl (C=O) groups excluding carboxylic acids is 1. The van der Waals surface area contributed by atoms with Gasteiger partial charge in [-0.3, -0.25) is 9.13 Å². The smallest absolute Gasteiger partial charge is 0.337 e. The highest BCUT2D eigenvalue weighted by atomic mass is 16.5. The van der Waals surface area contributed by atoms with Gasteiger partial charge in [0, 0.05) is 12.6 Å². The van der Waals surface area contributed by atoms with Crippen LogP contribution in [-0.4, -0.2) is 47.4 Å². The number of nitrogens with zero attached hydrogens (tertiary/aromatic N) is 3. The number of esters is 1. The zero-order valence-corrected chi connectivity index (χ0v) is 18.4. The van der Waals surface area contributed by atoms with Gasteiger partial charge in [0.15, 0.2) is 5.65 Å². The Kier molecular flexibility index (Phi) is 5.43. The van der Waals surface area contributed by atoms with Crippen molar-refractivity contribution < 1.29 is 14.3 Å². The van der Waals surface area contributed by atoms with Gasteiger partial charge in [0.1, 0.15) is 5.75 Å². The SMILES string of the molecule is COC(=O)c1ccc(-c2ccc(-n3c(=O)n([C@H]4CCNC4)c4ncc(OC)cc43)cc2)cc1. The summed E-state index contributed by atoms with van der Waals surface area (Å²) in [6.45, 7) is 1.62. The highest BCUT2D eigenvalue weighted by Crippen LogP contribution is 2.27. The summed E-state index contributed by atoms with van der Waals surface area (Å²) in [4.78, 5) is 29.8. The molecule has 0 bridgehead atoms. The Morgan fingerprint density at radius 2 is 1.76 bits per heavy atom. The summed E-state index contributed by atoms with van der Waals surface area (Å²) in [5.74, 6) is 0.231. The molecule has 1 aliphatic heterocycles. The van der Waals surface area contributed by atoms with Gasteiger partial charge in [-0.05, 0) is 48.4 Å². The van der Waals surface area contributed by atoms with Gasteiger partial charge in [0.05, 0.1) is 43.2 Å². The third-order valence-electron chi connectivity index (χ3n) is 6.09. The molecular weight excluding hydrogens is 420 g/mol. The summed E-state index contributed by atoms with van der Waals surface area (Å²) < 4.78 is 13.6. The number of rotatable bonds is 5. The van der Waals surface area contributed by atoms with E-state index in [0.29, 0.717) is 22.5 Å². The zero-order chi connectivity index (χ0) is 22.9. The second kappa shape index (κ2) is 8.55. The first kappa shape index (κ1) is 21.0. The molecule has 0 radical (unpaired) electrons. The molecule has 2 aromatic heterocycles. The topological polar surface area (TPSA) is 87.4 Å². The van der Waals surface area contributed by atoms with Crippen molar-refractivity contribution in [1.29, 1.82) is 0 Å². The quantitative estimate of drug-likeness (QED) is 0.476. The fourth-order valence-corrected chi connectivity index (χ4v) is 4.35. The van der Waals surface area contributed by atoms with Crippen molar-refractivity contribution in [2.45, 2.75) is 12.5 Å². The number of carbonyl (C=O) groups is 1. The van der Waals surface area contributed by atoms with E-state index < -0.39 is 0 Å².